The Morgan fingerprint density at radius 1 is 1.50 bits per heavy atom. The number of halogens is 3. The highest BCUT2D eigenvalue weighted by atomic mass is 32.2. The van der Waals surface area contributed by atoms with Crippen molar-refractivity contribution in [2.24, 2.45) is 0 Å². The third kappa shape index (κ3) is 4.21. The molecule has 102 valence electrons. The minimum absolute atomic E-state index is 0.0302. The van der Waals surface area contributed by atoms with Crippen molar-refractivity contribution in [3.63, 3.8) is 0 Å². The van der Waals surface area contributed by atoms with E-state index in [0.717, 1.165) is 0 Å². The topological polar surface area (TPSA) is 57.0 Å². The molecule has 0 saturated heterocycles. The maximum absolute atomic E-state index is 11.9. The minimum Gasteiger partial charge on any atom is -0.461 e. The van der Waals surface area contributed by atoms with Gasteiger partial charge in [0.2, 0.25) is 0 Å². The van der Waals surface area contributed by atoms with Crippen LogP contribution in [0.15, 0.2) is 0 Å². The minimum atomic E-state index is -4.27. The monoisotopic (exact) mass is 283 g/mol. The summed E-state index contributed by atoms with van der Waals surface area (Å²) < 4.78 is 41.8. The van der Waals surface area contributed by atoms with Crippen LogP contribution >= 0.6 is 11.8 Å². The van der Waals surface area contributed by atoms with E-state index in [0.29, 0.717) is 5.69 Å². The molecule has 0 amide bonds. The number of rotatable bonds is 5. The summed E-state index contributed by atoms with van der Waals surface area (Å²) in [4.78, 5) is 11.4. The molecule has 18 heavy (non-hydrogen) atoms. The molecular weight excluding hydrogens is 271 g/mol. The molecule has 1 aromatic rings. The Hall–Kier alpha value is -1.25. The first-order valence-electron chi connectivity index (χ1n) is 5.13. The first kappa shape index (κ1) is 14.8. The lowest BCUT2D eigenvalue weighted by atomic mass is 10.3. The van der Waals surface area contributed by atoms with Crippen LogP contribution in [-0.2, 0) is 11.3 Å². The van der Waals surface area contributed by atoms with Gasteiger partial charge in [-0.25, -0.2) is 9.48 Å². The average molecular weight is 283 g/mol. The third-order valence-electron chi connectivity index (χ3n) is 2.02. The van der Waals surface area contributed by atoms with Crippen molar-refractivity contribution in [3.8, 4) is 0 Å². The summed E-state index contributed by atoms with van der Waals surface area (Å²) in [5.41, 5.74) is -3.83. The summed E-state index contributed by atoms with van der Waals surface area (Å²) >= 11 is -0.140. The number of aryl methyl sites for hydroxylation is 1. The van der Waals surface area contributed by atoms with Crippen LogP contribution in [0.5, 0.6) is 0 Å². The van der Waals surface area contributed by atoms with E-state index in [1.54, 1.807) is 13.8 Å². The Kier molecular flexibility index (Phi) is 5.00. The smallest absolute Gasteiger partial charge is 0.441 e. The summed E-state index contributed by atoms with van der Waals surface area (Å²) in [6.07, 6.45) is 0. The first-order chi connectivity index (χ1) is 8.35. The molecule has 0 fully saturated rings. The molecular formula is C9H12F3N3O2S. The summed E-state index contributed by atoms with van der Waals surface area (Å²) in [7, 11) is 0. The van der Waals surface area contributed by atoms with Crippen molar-refractivity contribution in [1.29, 1.82) is 0 Å². The zero-order chi connectivity index (χ0) is 13.8. The fourth-order valence-electron chi connectivity index (χ4n) is 1.21. The molecule has 0 N–H and O–H groups in total. The van der Waals surface area contributed by atoms with Crippen LogP contribution in [0.3, 0.4) is 0 Å². The van der Waals surface area contributed by atoms with Crippen LogP contribution in [-0.4, -0.2) is 38.8 Å². The average Bonchev–Trinajstić information content (AvgIpc) is 2.59. The van der Waals surface area contributed by atoms with Gasteiger partial charge in [-0.2, -0.15) is 13.2 Å². The number of carbonyl (C=O) groups is 1. The van der Waals surface area contributed by atoms with Crippen molar-refractivity contribution in [2.75, 3.05) is 12.4 Å². The molecule has 0 unspecified atom stereocenters. The van der Waals surface area contributed by atoms with Gasteiger partial charge < -0.3 is 4.74 Å². The van der Waals surface area contributed by atoms with E-state index in [2.05, 4.69) is 10.3 Å². The largest absolute Gasteiger partial charge is 0.461 e. The number of esters is 1. The predicted molar refractivity (Wildman–Crippen MR) is 59.2 cm³/mol. The number of hydrogen-bond donors (Lipinski definition) is 0. The number of thioether (sulfide) groups is 1. The highest BCUT2D eigenvalue weighted by Gasteiger charge is 2.28. The van der Waals surface area contributed by atoms with E-state index < -0.39 is 11.5 Å². The molecule has 0 radical (unpaired) electrons. The van der Waals surface area contributed by atoms with Gasteiger partial charge >= 0.3 is 11.5 Å². The lowest BCUT2D eigenvalue weighted by Crippen LogP contribution is -2.11. The predicted octanol–water partition coefficient (Wildman–Crippen LogP) is 2.02. The SMILES string of the molecule is CCOC(=O)c1nnn(CCSC(F)(F)F)c1C. The number of aromatic nitrogens is 3. The van der Waals surface area contributed by atoms with Gasteiger partial charge in [-0.3, -0.25) is 0 Å². The van der Waals surface area contributed by atoms with Gasteiger partial charge in [-0.1, -0.05) is 5.21 Å². The van der Waals surface area contributed by atoms with Crippen molar-refractivity contribution in [3.05, 3.63) is 11.4 Å². The van der Waals surface area contributed by atoms with Gasteiger partial charge in [0.05, 0.1) is 18.8 Å². The van der Waals surface area contributed by atoms with E-state index in [1.165, 1.54) is 4.68 Å². The summed E-state index contributed by atoms with van der Waals surface area (Å²) in [5.74, 6) is -0.805. The van der Waals surface area contributed by atoms with Crippen molar-refractivity contribution >= 4 is 17.7 Å². The molecule has 1 heterocycles. The molecule has 0 aliphatic rings. The number of nitrogens with zero attached hydrogens (tertiary/aromatic N) is 3. The Bertz CT molecular complexity index is 420. The molecule has 0 saturated carbocycles. The van der Waals surface area contributed by atoms with Crippen molar-refractivity contribution in [2.45, 2.75) is 25.9 Å². The molecule has 0 aromatic carbocycles. The van der Waals surface area contributed by atoms with Gasteiger partial charge in [-0.15, -0.1) is 5.10 Å². The quantitative estimate of drug-likeness (QED) is 0.774. The number of ether oxygens (including phenoxy) is 1. The Morgan fingerprint density at radius 3 is 2.72 bits per heavy atom. The summed E-state index contributed by atoms with van der Waals surface area (Å²) in [6, 6.07) is 0. The second kappa shape index (κ2) is 6.07. The fraction of sp³-hybridized carbons (Fsp3) is 0.667. The molecule has 0 atom stereocenters. The van der Waals surface area contributed by atoms with Gasteiger partial charge in [0.25, 0.3) is 0 Å². The van der Waals surface area contributed by atoms with Crippen LogP contribution in [0.2, 0.25) is 0 Å². The summed E-state index contributed by atoms with van der Waals surface area (Å²) in [6.45, 7) is 3.44. The molecule has 0 spiro atoms. The molecule has 9 heteroatoms. The van der Waals surface area contributed by atoms with Crippen LogP contribution in [0.1, 0.15) is 23.1 Å². The van der Waals surface area contributed by atoms with Gasteiger partial charge in [-0.05, 0) is 25.6 Å². The van der Waals surface area contributed by atoms with Crippen molar-refractivity contribution in [1.82, 2.24) is 15.0 Å². The molecule has 5 nitrogen and oxygen atoms in total. The number of alkyl halides is 3. The zero-order valence-electron chi connectivity index (χ0n) is 9.82. The first-order valence-corrected chi connectivity index (χ1v) is 6.11. The molecule has 0 aliphatic heterocycles. The zero-order valence-corrected chi connectivity index (χ0v) is 10.6. The van der Waals surface area contributed by atoms with Gasteiger partial charge in [0.15, 0.2) is 5.69 Å². The lowest BCUT2D eigenvalue weighted by Gasteiger charge is -2.06. The van der Waals surface area contributed by atoms with E-state index in [9.17, 15) is 18.0 Å². The van der Waals surface area contributed by atoms with Crippen LogP contribution in [0, 0.1) is 6.92 Å². The number of hydrogen-bond acceptors (Lipinski definition) is 5. The molecule has 0 bridgehead atoms. The van der Waals surface area contributed by atoms with E-state index >= 15 is 0 Å². The highest BCUT2D eigenvalue weighted by molar-refractivity contribution is 8.00. The Morgan fingerprint density at radius 2 is 2.17 bits per heavy atom. The second-order valence-corrected chi connectivity index (χ2v) is 4.42. The maximum Gasteiger partial charge on any atom is 0.441 e. The van der Waals surface area contributed by atoms with Gasteiger partial charge in [0.1, 0.15) is 0 Å². The molecule has 1 rings (SSSR count). The van der Waals surface area contributed by atoms with Crippen LogP contribution in [0.25, 0.3) is 0 Å². The van der Waals surface area contributed by atoms with Crippen LogP contribution < -0.4 is 0 Å². The number of carbonyl (C=O) groups excluding carboxylic acids is 1. The van der Waals surface area contributed by atoms with E-state index in [1.807, 2.05) is 0 Å². The fourth-order valence-corrected chi connectivity index (χ4v) is 1.70. The standard InChI is InChI=1S/C9H12F3N3O2S/c1-3-17-8(16)7-6(2)15(14-13-7)4-5-18-9(10,11)12/h3-5H2,1-2H3. The Labute approximate surface area is 106 Å². The van der Waals surface area contributed by atoms with Crippen molar-refractivity contribution < 1.29 is 22.7 Å². The Balaban J connectivity index is 2.61. The van der Waals surface area contributed by atoms with E-state index in [4.69, 9.17) is 4.74 Å². The highest BCUT2D eigenvalue weighted by Crippen LogP contribution is 2.30. The molecule has 0 aliphatic carbocycles. The second-order valence-electron chi connectivity index (χ2n) is 3.26. The molecule has 1 aromatic heterocycles. The third-order valence-corrected chi connectivity index (χ3v) is 2.73. The normalized spacial score (nSPS) is 11.6. The van der Waals surface area contributed by atoms with E-state index in [-0.39, 0.29) is 36.4 Å². The summed E-state index contributed by atoms with van der Waals surface area (Å²) in [5, 5.41) is 7.22. The lowest BCUT2D eigenvalue weighted by molar-refractivity contribution is -0.0328. The maximum atomic E-state index is 11.9. The van der Waals surface area contributed by atoms with Crippen LogP contribution in [0.4, 0.5) is 13.2 Å². The van der Waals surface area contributed by atoms with Gasteiger partial charge in [0, 0.05) is 5.75 Å².